The van der Waals surface area contributed by atoms with Gasteiger partial charge in [-0.1, -0.05) is 6.92 Å². The zero-order valence-electron chi connectivity index (χ0n) is 9.95. The molecule has 0 amide bonds. The van der Waals surface area contributed by atoms with Gasteiger partial charge in [0.25, 0.3) is 0 Å². The maximum atomic E-state index is 3.67. The molecular weight excluding hydrogens is 334 g/mol. The van der Waals surface area contributed by atoms with Crippen LogP contribution in [0, 0.1) is 0 Å². The number of thiophene rings is 1. The van der Waals surface area contributed by atoms with Crippen LogP contribution in [-0.4, -0.2) is 35.1 Å². The SMILES string of the molecule is CCNC(Cc1ccc(Br)s1)C1CSCCS1. The van der Waals surface area contributed by atoms with E-state index in [0.717, 1.165) is 11.8 Å². The van der Waals surface area contributed by atoms with E-state index in [1.165, 1.54) is 32.3 Å². The molecule has 0 radical (unpaired) electrons. The van der Waals surface area contributed by atoms with E-state index in [2.05, 4.69) is 63.8 Å². The average molecular weight is 352 g/mol. The zero-order chi connectivity index (χ0) is 12.1. The maximum absolute atomic E-state index is 3.67. The first-order chi connectivity index (χ1) is 8.29. The van der Waals surface area contributed by atoms with Gasteiger partial charge < -0.3 is 5.32 Å². The second-order valence-electron chi connectivity index (χ2n) is 4.06. The predicted molar refractivity (Wildman–Crippen MR) is 86.8 cm³/mol. The Morgan fingerprint density at radius 2 is 2.35 bits per heavy atom. The van der Waals surface area contributed by atoms with Crippen molar-refractivity contribution in [1.82, 2.24) is 5.32 Å². The lowest BCUT2D eigenvalue weighted by atomic mass is 10.1. The Morgan fingerprint density at radius 1 is 1.47 bits per heavy atom. The molecular formula is C12H18BrNS3. The molecule has 0 aromatic carbocycles. The van der Waals surface area contributed by atoms with Crippen LogP contribution in [0.25, 0.3) is 0 Å². The Kier molecular flexibility index (Phi) is 6.23. The Morgan fingerprint density at radius 3 is 2.94 bits per heavy atom. The van der Waals surface area contributed by atoms with Gasteiger partial charge in [0.05, 0.1) is 3.79 Å². The predicted octanol–water partition coefficient (Wildman–Crippen LogP) is 3.88. The summed E-state index contributed by atoms with van der Waals surface area (Å²) in [6.45, 7) is 3.27. The lowest BCUT2D eigenvalue weighted by molar-refractivity contribution is 0.525. The molecule has 0 aliphatic carbocycles. The van der Waals surface area contributed by atoms with Crippen molar-refractivity contribution in [1.29, 1.82) is 0 Å². The topological polar surface area (TPSA) is 12.0 Å². The van der Waals surface area contributed by atoms with Gasteiger partial charge in [-0.3, -0.25) is 0 Å². The average Bonchev–Trinajstić information content (AvgIpc) is 2.75. The summed E-state index contributed by atoms with van der Waals surface area (Å²) in [5.41, 5.74) is 0. The molecule has 0 saturated carbocycles. The summed E-state index contributed by atoms with van der Waals surface area (Å²) in [6, 6.07) is 5.04. The molecule has 1 aliphatic heterocycles. The highest BCUT2D eigenvalue weighted by Crippen LogP contribution is 2.30. The van der Waals surface area contributed by atoms with Crippen molar-refractivity contribution in [2.75, 3.05) is 23.8 Å². The van der Waals surface area contributed by atoms with E-state index in [0.29, 0.717) is 6.04 Å². The Labute approximate surface area is 125 Å². The summed E-state index contributed by atoms with van der Waals surface area (Å²) < 4.78 is 1.24. The molecule has 2 heterocycles. The standard InChI is InChI=1S/C12H18BrNS3/c1-2-14-10(11-8-15-5-6-16-11)7-9-3-4-12(13)17-9/h3-4,10-11,14H,2,5-8H2,1H3. The molecule has 17 heavy (non-hydrogen) atoms. The number of halogens is 1. The summed E-state index contributed by atoms with van der Waals surface area (Å²) in [4.78, 5) is 1.49. The van der Waals surface area contributed by atoms with Gasteiger partial charge in [-0.25, -0.2) is 0 Å². The van der Waals surface area contributed by atoms with Crippen LogP contribution in [0.3, 0.4) is 0 Å². The molecule has 1 N–H and O–H groups in total. The van der Waals surface area contributed by atoms with Gasteiger partial charge in [0.1, 0.15) is 0 Å². The largest absolute Gasteiger partial charge is 0.313 e. The molecule has 1 saturated heterocycles. The third kappa shape index (κ3) is 4.46. The summed E-state index contributed by atoms with van der Waals surface area (Å²) >= 11 is 9.67. The first-order valence-corrected chi connectivity index (χ1v) is 9.78. The fourth-order valence-corrected chi connectivity index (χ4v) is 6.44. The molecule has 1 nitrogen and oxygen atoms in total. The van der Waals surface area contributed by atoms with E-state index in [-0.39, 0.29) is 0 Å². The highest BCUT2D eigenvalue weighted by Gasteiger charge is 2.24. The van der Waals surface area contributed by atoms with Gasteiger partial charge >= 0.3 is 0 Å². The third-order valence-corrected chi connectivity index (χ3v) is 7.37. The molecule has 1 fully saturated rings. The molecule has 1 aliphatic rings. The summed E-state index contributed by atoms with van der Waals surface area (Å²) in [5.74, 6) is 3.94. The number of rotatable bonds is 5. The molecule has 1 aromatic heterocycles. The molecule has 2 unspecified atom stereocenters. The second-order valence-corrected chi connectivity index (χ2v) is 9.10. The Bertz CT molecular complexity index is 336. The quantitative estimate of drug-likeness (QED) is 0.864. The van der Waals surface area contributed by atoms with E-state index in [1.807, 2.05) is 11.3 Å². The fourth-order valence-electron chi connectivity index (χ4n) is 2.01. The van der Waals surface area contributed by atoms with Crippen molar-refractivity contribution in [2.45, 2.75) is 24.6 Å². The van der Waals surface area contributed by atoms with Crippen molar-refractivity contribution in [3.05, 3.63) is 20.8 Å². The van der Waals surface area contributed by atoms with Crippen LogP contribution < -0.4 is 5.32 Å². The van der Waals surface area contributed by atoms with Gasteiger partial charge in [-0.05, 0) is 41.0 Å². The van der Waals surface area contributed by atoms with Crippen LogP contribution in [0.15, 0.2) is 15.9 Å². The van der Waals surface area contributed by atoms with Gasteiger partial charge in [0, 0.05) is 33.4 Å². The van der Waals surface area contributed by atoms with Crippen LogP contribution >= 0.6 is 50.8 Å². The molecule has 1 aromatic rings. The van der Waals surface area contributed by atoms with Crippen molar-refractivity contribution in [3.63, 3.8) is 0 Å². The number of hydrogen-bond donors (Lipinski definition) is 1. The first-order valence-electron chi connectivity index (χ1n) is 5.96. The summed E-state index contributed by atoms with van der Waals surface area (Å²) in [5, 5.41) is 4.44. The lowest BCUT2D eigenvalue weighted by Gasteiger charge is -2.29. The van der Waals surface area contributed by atoms with Crippen molar-refractivity contribution in [2.24, 2.45) is 0 Å². The van der Waals surface area contributed by atoms with Crippen LogP contribution in [0.4, 0.5) is 0 Å². The Balaban J connectivity index is 1.95. The normalized spacial score (nSPS) is 22.6. The van der Waals surface area contributed by atoms with Gasteiger partial charge in [-0.2, -0.15) is 23.5 Å². The van der Waals surface area contributed by atoms with E-state index < -0.39 is 0 Å². The van der Waals surface area contributed by atoms with Crippen LogP contribution in [-0.2, 0) is 6.42 Å². The van der Waals surface area contributed by atoms with Crippen molar-refractivity contribution < 1.29 is 0 Å². The molecule has 0 spiro atoms. The molecule has 0 bridgehead atoms. The van der Waals surface area contributed by atoms with Crippen LogP contribution in [0.2, 0.25) is 0 Å². The highest BCUT2D eigenvalue weighted by atomic mass is 79.9. The molecule has 2 atom stereocenters. The van der Waals surface area contributed by atoms with E-state index in [1.54, 1.807) is 0 Å². The van der Waals surface area contributed by atoms with Gasteiger partial charge in [0.2, 0.25) is 0 Å². The summed E-state index contributed by atoms with van der Waals surface area (Å²) in [6.07, 6.45) is 1.17. The molecule has 96 valence electrons. The third-order valence-electron chi connectivity index (χ3n) is 2.81. The molecule has 2 rings (SSSR count). The first kappa shape index (κ1) is 14.3. The van der Waals surface area contributed by atoms with E-state index >= 15 is 0 Å². The number of thioether (sulfide) groups is 2. The Hall–Kier alpha value is 0.840. The molecule has 5 heteroatoms. The zero-order valence-corrected chi connectivity index (χ0v) is 14.0. The second kappa shape index (κ2) is 7.43. The number of hydrogen-bond acceptors (Lipinski definition) is 4. The highest BCUT2D eigenvalue weighted by molar-refractivity contribution is 9.11. The fraction of sp³-hybridized carbons (Fsp3) is 0.667. The van der Waals surface area contributed by atoms with Crippen LogP contribution in [0.5, 0.6) is 0 Å². The van der Waals surface area contributed by atoms with Crippen LogP contribution in [0.1, 0.15) is 11.8 Å². The number of nitrogens with one attached hydrogen (secondary N) is 1. The monoisotopic (exact) mass is 351 g/mol. The van der Waals surface area contributed by atoms with Crippen molar-refractivity contribution >= 4 is 50.8 Å². The van der Waals surface area contributed by atoms with E-state index in [9.17, 15) is 0 Å². The minimum atomic E-state index is 0.628. The number of likely N-dealkylation sites (N-methyl/N-ethyl adjacent to an activating group) is 1. The van der Waals surface area contributed by atoms with Crippen molar-refractivity contribution in [3.8, 4) is 0 Å². The lowest BCUT2D eigenvalue weighted by Crippen LogP contribution is -2.42. The smallest absolute Gasteiger partial charge is 0.0701 e. The minimum Gasteiger partial charge on any atom is -0.313 e. The maximum Gasteiger partial charge on any atom is 0.0701 e. The summed E-state index contributed by atoms with van der Waals surface area (Å²) in [7, 11) is 0. The minimum absolute atomic E-state index is 0.628. The van der Waals surface area contributed by atoms with E-state index in [4.69, 9.17) is 0 Å². The van der Waals surface area contributed by atoms with Gasteiger partial charge in [-0.15, -0.1) is 11.3 Å². The van der Waals surface area contributed by atoms with Gasteiger partial charge in [0.15, 0.2) is 0 Å².